The van der Waals surface area contributed by atoms with Gasteiger partial charge in [-0.25, -0.2) is 4.79 Å². The molecule has 0 aromatic heterocycles. The van der Waals surface area contributed by atoms with Crippen LogP contribution in [0.2, 0.25) is 0 Å². The minimum atomic E-state index is -0.217. The first-order valence-electron chi connectivity index (χ1n) is 7.05. The lowest BCUT2D eigenvalue weighted by atomic mass is 10.2. The molecule has 110 valence electrons. The molecule has 1 aromatic rings. The first-order chi connectivity index (χ1) is 9.66. The van der Waals surface area contributed by atoms with Gasteiger partial charge in [0.15, 0.2) is 0 Å². The van der Waals surface area contributed by atoms with E-state index in [1.165, 1.54) is 0 Å². The summed E-state index contributed by atoms with van der Waals surface area (Å²) in [4.78, 5) is 15.8. The molecular weight excluding hydrogens is 254 g/mol. The number of ether oxygens (including phenoxy) is 1. The molecule has 1 fully saturated rings. The van der Waals surface area contributed by atoms with E-state index >= 15 is 0 Å². The fourth-order valence-electron chi connectivity index (χ4n) is 2.15. The van der Waals surface area contributed by atoms with E-state index in [-0.39, 0.29) is 6.09 Å². The van der Waals surface area contributed by atoms with Crippen LogP contribution in [0.3, 0.4) is 0 Å². The van der Waals surface area contributed by atoms with Gasteiger partial charge in [-0.2, -0.15) is 0 Å². The quantitative estimate of drug-likeness (QED) is 0.913. The first kappa shape index (κ1) is 14.7. The van der Waals surface area contributed by atoms with Crippen LogP contribution in [0, 0.1) is 0 Å². The van der Waals surface area contributed by atoms with E-state index in [0.717, 1.165) is 43.9 Å². The third-order valence-electron chi connectivity index (χ3n) is 3.41. The number of rotatable bonds is 3. The zero-order valence-corrected chi connectivity index (χ0v) is 12.3. The molecule has 1 saturated heterocycles. The van der Waals surface area contributed by atoms with Crippen LogP contribution in [0.25, 0.3) is 0 Å². The van der Waals surface area contributed by atoms with Crippen molar-refractivity contribution in [1.82, 2.24) is 10.2 Å². The lowest BCUT2D eigenvalue weighted by Crippen LogP contribution is -2.34. The van der Waals surface area contributed by atoms with Crippen molar-refractivity contribution in [1.29, 1.82) is 0 Å². The molecular formula is C15H23N3O2. The Kier molecular flexibility index (Phi) is 5.24. The zero-order chi connectivity index (χ0) is 14.4. The molecule has 0 spiro atoms. The van der Waals surface area contributed by atoms with Gasteiger partial charge in [-0.05, 0) is 30.7 Å². The van der Waals surface area contributed by atoms with Gasteiger partial charge in [0.05, 0.1) is 0 Å². The van der Waals surface area contributed by atoms with Crippen LogP contribution < -0.4 is 10.2 Å². The summed E-state index contributed by atoms with van der Waals surface area (Å²) in [6.45, 7) is 3.63. The monoisotopic (exact) mass is 277 g/mol. The van der Waals surface area contributed by atoms with E-state index in [9.17, 15) is 4.79 Å². The SMILES string of the molecule is CN(C)c1ccc(COC(=O)N2CCCNCC2)cc1. The van der Waals surface area contributed by atoms with E-state index in [0.29, 0.717) is 6.61 Å². The van der Waals surface area contributed by atoms with Gasteiger partial charge in [0.25, 0.3) is 0 Å². The summed E-state index contributed by atoms with van der Waals surface area (Å²) in [5.41, 5.74) is 2.15. The fraction of sp³-hybridized carbons (Fsp3) is 0.533. The highest BCUT2D eigenvalue weighted by molar-refractivity contribution is 5.67. The molecule has 1 aliphatic heterocycles. The highest BCUT2D eigenvalue weighted by Gasteiger charge is 2.16. The normalized spacial score (nSPS) is 15.6. The summed E-state index contributed by atoms with van der Waals surface area (Å²) in [7, 11) is 4.00. The molecule has 1 N–H and O–H groups in total. The maximum atomic E-state index is 12.0. The van der Waals surface area contributed by atoms with Gasteiger partial charge in [0.2, 0.25) is 0 Å². The van der Waals surface area contributed by atoms with Gasteiger partial charge >= 0.3 is 6.09 Å². The average Bonchev–Trinajstić information content (AvgIpc) is 2.74. The number of carbonyl (C=O) groups is 1. The molecule has 0 saturated carbocycles. The summed E-state index contributed by atoms with van der Waals surface area (Å²) in [5, 5.41) is 3.27. The van der Waals surface area contributed by atoms with Crippen molar-refractivity contribution in [2.75, 3.05) is 45.2 Å². The van der Waals surface area contributed by atoms with Crippen molar-refractivity contribution in [3.63, 3.8) is 0 Å². The van der Waals surface area contributed by atoms with Crippen LogP contribution in [0.15, 0.2) is 24.3 Å². The lowest BCUT2D eigenvalue weighted by Gasteiger charge is -2.19. The molecule has 20 heavy (non-hydrogen) atoms. The van der Waals surface area contributed by atoms with Gasteiger partial charge in [-0.15, -0.1) is 0 Å². The van der Waals surface area contributed by atoms with Crippen LogP contribution in [0.4, 0.5) is 10.5 Å². The van der Waals surface area contributed by atoms with E-state index in [4.69, 9.17) is 4.74 Å². The molecule has 1 heterocycles. The Balaban J connectivity index is 1.83. The molecule has 0 unspecified atom stereocenters. The number of hydrogen-bond donors (Lipinski definition) is 1. The summed E-state index contributed by atoms with van der Waals surface area (Å²) < 4.78 is 5.37. The maximum Gasteiger partial charge on any atom is 0.410 e. The second-order valence-electron chi connectivity index (χ2n) is 5.21. The van der Waals surface area contributed by atoms with Gasteiger partial charge in [0, 0.05) is 39.4 Å². The van der Waals surface area contributed by atoms with Crippen LogP contribution in [-0.4, -0.2) is 51.3 Å². The van der Waals surface area contributed by atoms with Gasteiger partial charge < -0.3 is 19.9 Å². The van der Waals surface area contributed by atoms with Crippen molar-refractivity contribution < 1.29 is 9.53 Å². The van der Waals surface area contributed by atoms with Crippen LogP contribution in [0.1, 0.15) is 12.0 Å². The zero-order valence-electron chi connectivity index (χ0n) is 12.3. The number of benzene rings is 1. The van der Waals surface area contributed by atoms with E-state index < -0.39 is 0 Å². The molecule has 1 aromatic carbocycles. The Morgan fingerprint density at radius 2 is 2.00 bits per heavy atom. The van der Waals surface area contributed by atoms with Crippen molar-refractivity contribution in [3.05, 3.63) is 29.8 Å². The Hall–Kier alpha value is -1.75. The van der Waals surface area contributed by atoms with Crippen LogP contribution in [-0.2, 0) is 11.3 Å². The molecule has 0 radical (unpaired) electrons. The van der Waals surface area contributed by atoms with Crippen molar-refractivity contribution in [2.24, 2.45) is 0 Å². The van der Waals surface area contributed by atoms with Crippen molar-refractivity contribution in [2.45, 2.75) is 13.0 Å². The Labute approximate surface area is 120 Å². The second-order valence-corrected chi connectivity index (χ2v) is 5.21. The minimum absolute atomic E-state index is 0.217. The van der Waals surface area contributed by atoms with Crippen LogP contribution >= 0.6 is 0 Å². The number of amides is 1. The standard InChI is InChI=1S/C15H23N3O2/c1-17(2)14-6-4-13(5-7-14)12-20-15(19)18-10-3-8-16-9-11-18/h4-7,16H,3,8-12H2,1-2H3. The summed E-state index contributed by atoms with van der Waals surface area (Å²) in [6, 6.07) is 8.04. The largest absolute Gasteiger partial charge is 0.445 e. The van der Waals surface area contributed by atoms with Gasteiger partial charge in [-0.3, -0.25) is 0 Å². The molecule has 2 rings (SSSR count). The molecule has 0 bridgehead atoms. The number of nitrogens with one attached hydrogen (secondary N) is 1. The highest BCUT2D eigenvalue weighted by atomic mass is 16.6. The fourth-order valence-corrected chi connectivity index (χ4v) is 2.15. The Morgan fingerprint density at radius 1 is 1.25 bits per heavy atom. The predicted molar refractivity (Wildman–Crippen MR) is 80.0 cm³/mol. The number of carbonyl (C=O) groups excluding carboxylic acids is 1. The lowest BCUT2D eigenvalue weighted by molar-refractivity contribution is 0.0985. The molecule has 0 aliphatic carbocycles. The summed E-state index contributed by atoms with van der Waals surface area (Å²) in [5.74, 6) is 0. The van der Waals surface area contributed by atoms with Crippen molar-refractivity contribution >= 4 is 11.8 Å². The number of nitrogens with zero attached hydrogens (tertiary/aromatic N) is 2. The maximum absolute atomic E-state index is 12.0. The topological polar surface area (TPSA) is 44.8 Å². The average molecular weight is 277 g/mol. The van der Waals surface area contributed by atoms with E-state index in [1.807, 2.05) is 43.3 Å². The molecule has 1 aliphatic rings. The number of hydrogen-bond acceptors (Lipinski definition) is 4. The third-order valence-corrected chi connectivity index (χ3v) is 3.41. The number of anilines is 1. The van der Waals surface area contributed by atoms with E-state index in [2.05, 4.69) is 5.32 Å². The molecule has 5 nitrogen and oxygen atoms in total. The highest BCUT2D eigenvalue weighted by Crippen LogP contribution is 2.13. The summed E-state index contributed by atoms with van der Waals surface area (Å²) >= 11 is 0. The van der Waals surface area contributed by atoms with Gasteiger partial charge in [-0.1, -0.05) is 12.1 Å². The third kappa shape index (κ3) is 4.13. The smallest absolute Gasteiger partial charge is 0.410 e. The Bertz CT molecular complexity index is 423. The molecule has 0 atom stereocenters. The van der Waals surface area contributed by atoms with E-state index in [1.54, 1.807) is 4.90 Å². The first-order valence-corrected chi connectivity index (χ1v) is 7.05. The van der Waals surface area contributed by atoms with Gasteiger partial charge in [0.1, 0.15) is 6.61 Å². The minimum Gasteiger partial charge on any atom is -0.445 e. The summed E-state index contributed by atoms with van der Waals surface area (Å²) in [6.07, 6.45) is 0.762. The molecule has 1 amide bonds. The molecule has 5 heteroatoms. The predicted octanol–water partition coefficient (Wildman–Crippen LogP) is 1.68. The van der Waals surface area contributed by atoms with Crippen molar-refractivity contribution in [3.8, 4) is 0 Å². The second kappa shape index (κ2) is 7.14. The van der Waals surface area contributed by atoms with Crippen LogP contribution in [0.5, 0.6) is 0 Å². The Morgan fingerprint density at radius 3 is 2.70 bits per heavy atom.